The van der Waals surface area contributed by atoms with E-state index in [1.165, 1.54) is 7.11 Å². The van der Waals surface area contributed by atoms with E-state index in [1.807, 2.05) is 47.4 Å². The Morgan fingerprint density at radius 2 is 1.49 bits per heavy atom. The van der Waals surface area contributed by atoms with Crippen LogP contribution >= 0.6 is 0 Å². The number of carbonyl (C=O) groups excluding carboxylic acids is 3. The number of para-hydroxylation sites is 1. The van der Waals surface area contributed by atoms with Crippen molar-refractivity contribution in [3.05, 3.63) is 89.0 Å². The highest BCUT2D eigenvalue weighted by Crippen LogP contribution is 2.44. The minimum Gasteiger partial charge on any atom is -0.493 e. The van der Waals surface area contributed by atoms with Crippen molar-refractivity contribution in [3.63, 3.8) is 0 Å². The van der Waals surface area contributed by atoms with Gasteiger partial charge in [0.05, 0.1) is 56.0 Å². The van der Waals surface area contributed by atoms with Gasteiger partial charge >= 0.3 is 5.97 Å². The maximum absolute atomic E-state index is 14.0. The fourth-order valence-corrected chi connectivity index (χ4v) is 7.57. The van der Waals surface area contributed by atoms with E-state index in [0.717, 1.165) is 35.3 Å². The van der Waals surface area contributed by atoms with E-state index in [-0.39, 0.29) is 35.4 Å². The smallest absolute Gasteiger partial charge is 0.311 e. The van der Waals surface area contributed by atoms with E-state index in [4.69, 9.17) is 28.7 Å². The Balaban J connectivity index is 0.902. The van der Waals surface area contributed by atoms with Crippen molar-refractivity contribution in [3.8, 4) is 28.7 Å². The summed E-state index contributed by atoms with van der Waals surface area (Å²) in [6.45, 7) is 6.89. The third-order valence-corrected chi connectivity index (χ3v) is 10.4. The predicted octanol–water partition coefficient (Wildman–Crippen LogP) is 7.53. The van der Waals surface area contributed by atoms with E-state index in [0.29, 0.717) is 83.7 Å². The lowest BCUT2D eigenvalue weighted by atomic mass is 9.91. The average Bonchev–Trinajstić information content (AvgIpc) is 3.69. The molecule has 284 valence electrons. The van der Waals surface area contributed by atoms with E-state index in [2.05, 4.69) is 26.1 Å². The third-order valence-electron chi connectivity index (χ3n) is 10.4. The van der Waals surface area contributed by atoms with Crippen molar-refractivity contribution in [2.24, 2.45) is 10.4 Å². The summed E-state index contributed by atoms with van der Waals surface area (Å²) in [7, 11) is 3.09. The lowest BCUT2D eigenvalue weighted by Gasteiger charge is -2.33. The zero-order chi connectivity index (χ0) is 38.4. The number of ether oxygens (including phenoxy) is 5. The summed E-state index contributed by atoms with van der Waals surface area (Å²) in [4.78, 5) is 48.3. The Labute approximate surface area is 320 Å². The number of methoxy groups -OCH3 is 2. The molecule has 4 aliphatic heterocycles. The largest absolute Gasteiger partial charge is 0.493 e. The zero-order valence-electron chi connectivity index (χ0n) is 31.6. The first-order valence-electron chi connectivity index (χ1n) is 18.6. The van der Waals surface area contributed by atoms with Gasteiger partial charge in [-0.05, 0) is 59.4 Å². The maximum Gasteiger partial charge on any atom is 0.311 e. The first-order chi connectivity index (χ1) is 26.5. The number of aliphatic imine (C=N–C) groups is 1. The second-order valence-corrected chi connectivity index (χ2v) is 15.3. The zero-order valence-corrected chi connectivity index (χ0v) is 31.6. The molecular formula is C43H44N4O8. The number of rotatable bonds is 11. The van der Waals surface area contributed by atoms with Crippen LogP contribution < -0.4 is 38.8 Å². The van der Waals surface area contributed by atoms with Gasteiger partial charge in [0.1, 0.15) is 11.9 Å². The summed E-state index contributed by atoms with van der Waals surface area (Å²) >= 11 is 0. The summed E-state index contributed by atoms with van der Waals surface area (Å²) < 4.78 is 29.2. The molecule has 1 N–H and O–H groups in total. The minimum atomic E-state index is -0.295. The SMILES string of the molecule is COc1cc2c(cc1OCCCOc1cc3c(cc1OC)C(=O)N1c4ccccc4CC1N3)N=CC1Cc3cc(OC(=O)CCC(C)(C)C)ccc3N1C2=O. The molecular weight excluding hydrogens is 700 g/mol. The van der Waals surface area contributed by atoms with Crippen LogP contribution in [0.25, 0.3) is 0 Å². The van der Waals surface area contributed by atoms with Crippen LogP contribution in [0.2, 0.25) is 0 Å². The van der Waals surface area contributed by atoms with E-state index in [9.17, 15) is 14.4 Å². The van der Waals surface area contributed by atoms with Crippen molar-refractivity contribution < 1.29 is 38.1 Å². The van der Waals surface area contributed by atoms with E-state index < -0.39 is 0 Å². The molecule has 2 amide bonds. The molecule has 0 aliphatic carbocycles. The minimum absolute atomic E-state index is 0.0356. The molecule has 2 atom stereocenters. The molecule has 4 aromatic carbocycles. The number of esters is 1. The second-order valence-electron chi connectivity index (χ2n) is 15.3. The Hall–Kier alpha value is -6.04. The van der Waals surface area contributed by atoms with Gasteiger partial charge in [-0.1, -0.05) is 39.0 Å². The number of fused-ring (bicyclic) bond motifs is 8. The molecule has 12 nitrogen and oxygen atoms in total. The highest BCUT2D eigenvalue weighted by Gasteiger charge is 2.40. The van der Waals surface area contributed by atoms with Crippen LogP contribution in [0, 0.1) is 5.41 Å². The van der Waals surface area contributed by atoms with E-state index >= 15 is 0 Å². The van der Waals surface area contributed by atoms with Crippen molar-refractivity contribution >= 4 is 46.7 Å². The van der Waals surface area contributed by atoms with Gasteiger partial charge in [0.25, 0.3) is 11.8 Å². The molecule has 4 aromatic rings. The molecule has 0 spiro atoms. The summed E-state index contributed by atoms with van der Waals surface area (Å²) in [5, 5.41) is 3.51. The summed E-state index contributed by atoms with van der Waals surface area (Å²) in [5.74, 6) is 1.78. The van der Waals surface area contributed by atoms with Crippen LogP contribution in [0.1, 0.15) is 71.9 Å². The van der Waals surface area contributed by atoms with Gasteiger partial charge in [0.15, 0.2) is 23.0 Å². The molecule has 55 heavy (non-hydrogen) atoms. The van der Waals surface area contributed by atoms with Gasteiger partial charge in [-0.15, -0.1) is 0 Å². The van der Waals surface area contributed by atoms with Crippen LogP contribution in [-0.2, 0) is 17.6 Å². The Kier molecular flexibility index (Phi) is 9.36. The molecule has 4 heterocycles. The molecule has 0 radical (unpaired) electrons. The number of amides is 2. The first kappa shape index (κ1) is 36.0. The number of hydrogen-bond acceptors (Lipinski definition) is 10. The lowest BCUT2D eigenvalue weighted by molar-refractivity contribution is -0.134. The fraction of sp³-hybridized carbons (Fsp3) is 0.349. The highest BCUT2D eigenvalue weighted by molar-refractivity contribution is 6.15. The number of benzene rings is 4. The van der Waals surface area contributed by atoms with Gasteiger partial charge in [0, 0.05) is 55.4 Å². The molecule has 0 fully saturated rings. The van der Waals surface area contributed by atoms with Crippen LogP contribution in [0.4, 0.5) is 22.7 Å². The van der Waals surface area contributed by atoms with Crippen molar-refractivity contribution in [2.75, 3.05) is 42.5 Å². The molecule has 0 bridgehead atoms. The van der Waals surface area contributed by atoms with Gasteiger partial charge in [0.2, 0.25) is 0 Å². The number of anilines is 3. The van der Waals surface area contributed by atoms with Crippen molar-refractivity contribution in [1.82, 2.24) is 0 Å². The molecule has 12 heteroatoms. The molecule has 4 aliphatic rings. The molecule has 0 aromatic heterocycles. The molecule has 0 saturated heterocycles. The second kappa shape index (κ2) is 14.3. The van der Waals surface area contributed by atoms with Crippen LogP contribution in [0.15, 0.2) is 71.7 Å². The summed E-state index contributed by atoms with van der Waals surface area (Å²) in [5.41, 5.74) is 5.87. The van der Waals surface area contributed by atoms with Crippen LogP contribution in [0.3, 0.4) is 0 Å². The summed E-state index contributed by atoms with van der Waals surface area (Å²) in [6.07, 6.45) is 4.47. The predicted molar refractivity (Wildman–Crippen MR) is 209 cm³/mol. The third kappa shape index (κ3) is 6.92. The van der Waals surface area contributed by atoms with Crippen molar-refractivity contribution in [1.29, 1.82) is 0 Å². The fourth-order valence-electron chi connectivity index (χ4n) is 7.57. The lowest BCUT2D eigenvalue weighted by Crippen LogP contribution is -2.46. The Morgan fingerprint density at radius 1 is 0.800 bits per heavy atom. The maximum atomic E-state index is 14.0. The van der Waals surface area contributed by atoms with E-state index in [1.54, 1.807) is 42.5 Å². The van der Waals surface area contributed by atoms with Crippen LogP contribution in [0.5, 0.6) is 28.7 Å². The monoisotopic (exact) mass is 744 g/mol. The number of carbonyl (C=O) groups is 3. The Bertz CT molecular complexity index is 2230. The standard InChI is InChI=1S/C43H44N4O8/c1-43(2,3)14-13-40(48)55-28-11-12-34-26(18-28)17-27-24-44-31-22-37(35(51-4)20-29(31)41(49)46(27)34)53-15-8-16-54-38-23-32-30(21-36(38)52-5)42(50)47-33-10-7-6-9-25(33)19-39(47)45-32/h6-7,9-12,18,20-24,27,39,45H,8,13-17,19H2,1-5H3. The number of hydrogen-bond donors (Lipinski definition) is 1. The van der Waals surface area contributed by atoms with Gasteiger partial charge in [-0.2, -0.15) is 0 Å². The Morgan fingerprint density at radius 3 is 2.24 bits per heavy atom. The quantitative estimate of drug-likeness (QED) is 0.0942. The van der Waals surface area contributed by atoms with Gasteiger partial charge < -0.3 is 29.0 Å². The highest BCUT2D eigenvalue weighted by atomic mass is 16.5. The average molecular weight is 745 g/mol. The number of nitrogens with one attached hydrogen (secondary N) is 1. The van der Waals surface area contributed by atoms with Crippen molar-refractivity contribution in [2.45, 2.75) is 65.1 Å². The molecule has 8 rings (SSSR count). The molecule has 0 saturated carbocycles. The normalized spacial score (nSPS) is 17.5. The van der Waals surface area contributed by atoms with Crippen LogP contribution in [-0.4, -0.2) is 63.6 Å². The topological polar surface area (TPSA) is 128 Å². The molecule has 2 unspecified atom stereocenters. The first-order valence-corrected chi connectivity index (χ1v) is 18.6. The van der Waals surface area contributed by atoms with Gasteiger partial charge in [-0.25, -0.2) is 0 Å². The van der Waals surface area contributed by atoms with Gasteiger partial charge in [-0.3, -0.25) is 29.2 Å². The summed E-state index contributed by atoms with van der Waals surface area (Å²) in [6, 6.07) is 20.0. The number of nitrogens with zero attached hydrogens (tertiary/aromatic N) is 3.